The van der Waals surface area contributed by atoms with E-state index in [-0.39, 0.29) is 0 Å². The van der Waals surface area contributed by atoms with Gasteiger partial charge in [0.2, 0.25) is 0 Å². The lowest BCUT2D eigenvalue weighted by atomic mass is 10.1. The monoisotopic (exact) mass is 850 g/mol. The summed E-state index contributed by atoms with van der Waals surface area (Å²) < 4.78 is 9.31. The number of aromatic nitrogens is 4. The Morgan fingerprint density at radius 3 is 0.879 bits per heavy atom. The fourth-order valence-corrected chi connectivity index (χ4v) is 9.95. The summed E-state index contributed by atoms with van der Waals surface area (Å²) in [6, 6.07) is 53.1. The smallest absolute Gasteiger partial charge is 0.0501 e. The standard InChI is InChI=1S/C60H44N4.C2H6/c1-37-7-11-39(12-8-37)15-17-41-21-25-45-49-33-59-51(35-57(49)61(3)53(45)29-41)47-27-23-43(31-55(47)63(59)5)19-20-44-24-28-48-52-36-58-50(34-60(52)64(6)56(48)32-44)46-26-22-42(30-54(46)62(58)4)18-16-40-13-9-38(2)10-14-40;1-2/h7-14,19-36H,1-6H3;1-2H3/b20-19+;. The van der Waals surface area contributed by atoms with Crippen LogP contribution in [0, 0.1) is 37.5 Å². The molecule has 318 valence electrons. The van der Waals surface area contributed by atoms with Crippen molar-refractivity contribution >= 4 is 99.4 Å². The first-order valence-corrected chi connectivity index (χ1v) is 22.9. The molecule has 0 amide bonds. The maximum absolute atomic E-state index is 3.39. The summed E-state index contributed by atoms with van der Waals surface area (Å²) in [4.78, 5) is 0. The van der Waals surface area contributed by atoms with Crippen LogP contribution in [0.5, 0.6) is 0 Å². The molecule has 12 aromatic rings. The molecule has 0 radical (unpaired) electrons. The zero-order valence-electron chi connectivity index (χ0n) is 38.8. The predicted molar refractivity (Wildman–Crippen MR) is 283 cm³/mol. The maximum Gasteiger partial charge on any atom is 0.0501 e. The number of fused-ring (bicyclic) bond motifs is 12. The molecule has 4 heteroatoms. The van der Waals surface area contributed by atoms with Gasteiger partial charge in [0.1, 0.15) is 0 Å². The molecule has 0 N–H and O–H groups in total. The molecule has 4 aromatic heterocycles. The summed E-state index contributed by atoms with van der Waals surface area (Å²) in [5.41, 5.74) is 18.7. The van der Waals surface area contributed by atoms with Crippen LogP contribution in [0.2, 0.25) is 0 Å². The van der Waals surface area contributed by atoms with Gasteiger partial charge in [-0.05, 0) is 110 Å². The normalized spacial score (nSPS) is 11.6. The van der Waals surface area contributed by atoms with Gasteiger partial charge in [0.25, 0.3) is 0 Å². The van der Waals surface area contributed by atoms with Crippen molar-refractivity contribution in [3.8, 4) is 23.7 Å². The topological polar surface area (TPSA) is 19.7 Å². The molecule has 66 heavy (non-hydrogen) atoms. The van der Waals surface area contributed by atoms with Gasteiger partial charge in [-0.1, -0.05) is 121 Å². The first kappa shape index (κ1) is 40.6. The SMILES string of the molecule is CC.Cc1ccc(C#Cc2ccc3c4cc5c(cc4n(C)c3c2)c2ccc(/C=C/c3ccc4c6cc7c(cc6n(C)c4c3)c3ccc(C#Cc4ccc(C)cc4)cc3n7C)cc2n5C)cc1. The Morgan fingerprint density at radius 1 is 0.288 bits per heavy atom. The molecule has 0 aliphatic carbocycles. The van der Waals surface area contributed by atoms with Crippen molar-refractivity contribution in [2.75, 3.05) is 0 Å². The van der Waals surface area contributed by atoms with Crippen molar-refractivity contribution in [1.82, 2.24) is 18.3 Å². The zero-order chi connectivity index (χ0) is 45.4. The van der Waals surface area contributed by atoms with E-state index in [0.29, 0.717) is 0 Å². The zero-order valence-corrected chi connectivity index (χ0v) is 38.8. The van der Waals surface area contributed by atoms with Crippen LogP contribution in [0.15, 0.2) is 146 Å². The van der Waals surface area contributed by atoms with Crippen LogP contribution in [0.4, 0.5) is 0 Å². The summed E-state index contributed by atoms with van der Waals surface area (Å²) in [5, 5.41) is 10.1. The summed E-state index contributed by atoms with van der Waals surface area (Å²) in [6.07, 6.45) is 4.48. The van der Waals surface area contributed by atoms with E-state index in [1.54, 1.807) is 0 Å². The van der Waals surface area contributed by atoms with E-state index in [1.807, 2.05) is 13.8 Å². The van der Waals surface area contributed by atoms with Gasteiger partial charge in [0.05, 0.1) is 11.0 Å². The van der Waals surface area contributed by atoms with Crippen LogP contribution in [-0.4, -0.2) is 18.3 Å². The third-order valence-corrected chi connectivity index (χ3v) is 13.6. The molecular weight excluding hydrogens is 801 g/mol. The maximum atomic E-state index is 3.39. The largest absolute Gasteiger partial charge is 0.344 e. The van der Waals surface area contributed by atoms with Crippen molar-refractivity contribution in [3.63, 3.8) is 0 Å². The van der Waals surface area contributed by atoms with E-state index in [1.165, 1.54) is 109 Å². The first-order valence-electron chi connectivity index (χ1n) is 22.9. The molecule has 0 aliphatic rings. The molecule has 0 unspecified atom stereocenters. The average molecular weight is 851 g/mol. The Kier molecular flexibility index (Phi) is 9.72. The lowest BCUT2D eigenvalue weighted by Crippen LogP contribution is -1.88. The Bertz CT molecular complexity index is 3850. The number of aryl methyl sites for hydroxylation is 6. The van der Waals surface area contributed by atoms with Gasteiger partial charge in [0, 0.05) is 127 Å². The Labute approximate surface area is 385 Å². The summed E-state index contributed by atoms with van der Waals surface area (Å²) in [7, 11) is 8.71. The number of nitrogens with zero attached hydrogens (tertiary/aromatic N) is 4. The second kappa shape index (κ2) is 15.8. The van der Waals surface area contributed by atoms with E-state index in [2.05, 4.69) is 242 Å². The molecule has 0 bridgehead atoms. The minimum Gasteiger partial charge on any atom is -0.344 e. The predicted octanol–water partition coefficient (Wildman–Crippen LogP) is 14.9. The lowest BCUT2D eigenvalue weighted by Gasteiger charge is -2.01. The van der Waals surface area contributed by atoms with Crippen LogP contribution in [0.25, 0.3) is 99.4 Å². The van der Waals surface area contributed by atoms with Gasteiger partial charge in [-0.3, -0.25) is 0 Å². The van der Waals surface area contributed by atoms with Gasteiger partial charge in [-0.25, -0.2) is 0 Å². The molecule has 8 aromatic carbocycles. The lowest BCUT2D eigenvalue weighted by molar-refractivity contribution is 1.01. The van der Waals surface area contributed by atoms with E-state index in [9.17, 15) is 0 Å². The quantitative estimate of drug-likeness (QED) is 0.122. The molecule has 0 saturated heterocycles. The molecule has 4 nitrogen and oxygen atoms in total. The van der Waals surface area contributed by atoms with Crippen LogP contribution >= 0.6 is 0 Å². The van der Waals surface area contributed by atoms with E-state index in [4.69, 9.17) is 0 Å². The highest BCUT2D eigenvalue weighted by molar-refractivity contribution is 6.19. The second-order valence-electron chi connectivity index (χ2n) is 17.6. The van der Waals surface area contributed by atoms with Gasteiger partial charge in [0.15, 0.2) is 0 Å². The fourth-order valence-electron chi connectivity index (χ4n) is 9.95. The van der Waals surface area contributed by atoms with Crippen LogP contribution in [-0.2, 0) is 28.2 Å². The average Bonchev–Trinajstić information content (AvgIpc) is 3.99. The second-order valence-corrected chi connectivity index (χ2v) is 17.6. The van der Waals surface area contributed by atoms with Crippen LogP contribution in [0.1, 0.15) is 58.4 Å². The van der Waals surface area contributed by atoms with Crippen LogP contribution in [0.3, 0.4) is 0 Å². The van der Waals surface area contributed by atoms with Gasteiger partial charge >= 0.3 is 0 Å². The van der Waals surface area contributed by atoms with E-state index < -0.39 is 0 Å². The molecule has 0 aliphatic heterocycles. The number of benzene rings is 8. The Hall–Kier alpha value is -8.18. The van der Waals surface area contributed by atoms with Gasteiger partial charge in [-0.2, -0.15) is 0 Å². The van der Waals surface area contributed by atoms with Gasteiger partial charge in [-0.15, -0.1) is 0 Å². The third-order valence-electron chi connectivity index (χ3n) is 13.6. The molecule has 4 heterocycles. The van der Waals surface area contributed by atoms with E-state index >= 15 is 0 Å². The van der Waals surface area contributed by atoms with Crippen molar-refractivity contribution in [2.45, 2.75) is 27.7 Å². The first-order chi connectivity index (χ1) is 32.1. The summed E-state index contributed by atoms with van der Waals surface area (Å²) >= 11 is 0. The molecular formula is C62H50N4. The van der Waals surface area contributed by atoms with Crippen molar-refractivity contribution in [2.24, 2.45) is 28.2 Å². The summed E-state index contributed by atoms with van der Waals surface area (Å²) in [5.74, 6) is 13.5. The molecule has 12 rings (SSSR count). The third kappa shape index (κ3) is 6.65. The highest BCUT2D eigenvalue weighted by Crippen LogP contribution is 2.39. The molecule has 0 spiro atoms. The van der Waals surface area contributed by atoms with Crippen molar-refractivity contribution in [3.05, 3.63) is 190 Å². The van der Waals surface area contributed by atoms with Crippen molar-refractivity contribution < 1.29 is 0 Å². The van der Waals surface area contributed by atoms with Crippen LogP contribution < -0.4 is 0 Å². The summed E-state index contributed by atoms with van der Waals surface area (Å²) in [6.45, 7) is 8.20. The van der Waals surface area contributed by atoms with Gasteiger partial charge < -0.3 is 18.3 Å². The number of hydrogen-bond acceptors (Lipinski definition) is 0. The molecule has 0 atom stereocenters. The van der Waals surface area contributed by atoms with Crippen molar-refractivity contribution in [1.29, 1.82) is 0 Å². The Balaban J connectivity index is 0.00000238. The molecule has 0 saturated carbocycles. The Morgan fingerprint density at radius 2 is 0.545 bits per heavy atom. The molecule has 0 fully saturated rings. The highest BCUT2D eigenvalue weighted by atomic mass is 15.0. The number of hydrogen-bond donors (Lipinski definition) is 0. The minimum atomic E-state index is 1.02. The highest BCUT2D eigenvalue weighted by Gasteiger charge is 2.17. The fraction of sp³-hybridized carbons (Fsp3) is 0.129. The number of rotatable bonds is 2. The minimum absolute atomic E-state index is 1.02. The van der Waals surface area contributed by atoms with E-state index in [0.717, 1.165) is 22.3 Å².